The maximum absolute atomic E-state index is 13.9. The fourth-order valence-electron chi connectivity index (χ4n) is 1.82. The minimum absolute atomic E-state index is 0.0276. The topological polar surface area (TPSA) is 74.2 Å². The van der Waals surface area contributed by atoms with Crippen molar-refractivity contribution in [2.24, 2.45) is 0 Å². The molecule has 0 aliphatic heterocycles. The molecule has 2 rings (SSSR count). The fourth-order valence-corrected chi connectivity index (χ4v) is 2.08. The fraction of sp³-hybridized carbons (Fsp3) is 0.176. The highest BCUT2D eigenvalue weighted by molar-refractivity contribution is 6.36. The number of carboxylic acids is 1. The van der Waals surface area contributed by atoms with Crippen LogP contribution in [0.3, 0.4) is 0 Å². The number of carbonyl (C=O) groups is 1. The van der Waals surface area contributed by atoms with E-state index >= 15 is 0 Å². The third-order valence-electron chi connectivity index (χ3n) is 2.87. The molecule has 0 unspecified atom stereocenters. The number of benzene rings is 1. The van der Waals surface area contributed by atoms with Crippen molar-refractivity contribution < 1.29 is 14.3 Å². The van der Waals surface area contributed by atoms with Gasteiger partial charge in [-0.3, -0.25) is 0 Å². The van der Waals surface area contributed by atoms with Crippen LogP contribution in [0.25, 0.3) is 0 Å². The van der Waals surface area contributed by atoms with Gasteiger partial charge in [-0.1, -0.05) is 38.1 Å². The summed E-state index contributed by atoms with van der Waals surface area (Å²) in [6.45, 7) is 9.24. The average molecular weight is 352 g/mol. The Balaban J connectivity index is 0.00000139. The maximum Gasteiger partial charge on any atom is 0.339 e. The van der Waals surface area contributed by atoms with Crippen LogP contribution in [0, 0.1) is 12.7 Å². The van der Waals surface area contributed by atoms with Crippen LogP contribution < -0.4 is 10.6 Å². The zero-order valence-corrected chi connectivity index (χ0v) is 14.4. The van der Waals surface area contributed by atoms with Gasteiger partial charge < -0.3 is 15.7 Å². The van der Waals surface area contributed by atoms with Crippen molar-refractivity contribution >= 4 is 34.8 Å². The normalized spacial score (nSPS) is 9.54. The van der Waals surface area contributed by atoms with Crippen LogP contribution in [-0.4, -0.2) is 16.1 Å². The van der Waals surface area contributed by atoms with E-state index in [0.29, 0.717) is 0 Å². The summed E-state index contributed by atoms with van der Waals surface area (Å²) >= 11 is 6.15. The molecule has 3 N–H and O–H groups in total. The molecule has 0 amide bonds. The van der Waals surface area contributed by atoms with Crippen LogP contribution in [0.15, 0.2) is 37.2 Å². The van der Waals surface area contributed by atoms with Crippen LogP contribution in [0.5, 0.6) is 0 Å². The van der Waals surface area contributed by atoms with Gasteiger partial charge in [0.25, 0.3) is 0 Å². The smallest absolute Gasteiger partial charge is 0.339 e. The first-order valence-electron chi connectivity index (χ1n) is 7.26. The minimum Gasteiger partial charge on any atom is -0.478 e. The predicted octanol–water partition coefficient (Wildman–Crippen LogP) is 5.21. The molecular weight excluding hydrogens is 333 g/mol. The number of halogens is 2. The summed E-state index contributed by atoms with van der Waals surface area (Å²) in [5.74, 6) is -1.52. The Morgan fingerprint density at radius 2 is 2.08 bits per heavy atom. The molecule has 0 spiro atoms. The number of hydrogen-bond acceptors (Lipinski definition) is 4. The summed E-state index contributed by atoms with van der Waals surface area (Å²) in [5, 5.41) is 14.7. The second-order valence-corrected chi connectivity index (χ2v) is 4.85. The second kappa shape index (κ2) is 8.88. The van der Waals surface area contributed by atoms with Crippen molar-refractivity contribution in [2.45, 2.75) is 20.8 Å². The highest BCUT2D eigenvalue weighted by Crippen LogP contribution is 2.34. The first-order valence-corrected chi connectivity index (χ1v) is 7.64. The summed E-state index contributed by atoms with van der Waals surface area (Å²) in [7, 11) is 0. The number of pyridine rings is 1. The van der Waals surface area contributed by atoms with Gasteiger partial charge in [0.15, 0.2) is 5.82 Å². The summed E-state index contributed by atoms with van der Waals surface area (Å²) in [6, 6.07) is 4.54. The zero-order chi connectivity index (χ0) is 18.3. The van der Waals surface area contributed by atoms with E-state index in [0.717, 1.165) is 11.8 Å². The lowest BCUT2D eigenvalue weighted by Gasteiger charge is -2.14. The van der Waals surface area contributed by atoms with E-state index in [9.17, 15) is 14.3 Å². The summed E-state index contributed by atoms with van der Waals surface area (Å²) in [6.07, 6.45) is 2.49. The van der Waals surface area contributed by atoms with Crippen molar-refractivity contribution in [3.8, 4) is 0 Å². The van der Waals surface area contributed by atoms with Crippen molar-refractivity contribution in [3.05, 3.63) is 59.1 Å². The molecule has 0 radical (unpaired) electrons. The molecule has 0 bridgehead atoms. The Hall–Kier alpha value is -2.60. The van der Waals surface area contributed by atoms with Crippen molar-refractivity contribution in [2.75, 3.05) is 10.6 Å². The number of aromatic nitrogens is 1. The third-order valence-corrected chi connectivity index (χ3v) is 3.24. The van der Waals surface area contributed by atoms with E-state index in [4.69, 9.17) is 11.6 Å². The number of nitrogens with zero attached hydrogens (tertiary/aromatic N) is 1. The van der Waals surface area contributed by atoms with Crippen molar-refractivity contribution in [3.63, 3.8) is 0 Å². The molecular formula is C17H19ClFN3O2. The van der Waals surface area contributed by atoms with E-state index in [2.05, 4.69) is 22.2 Å². The van der Waals surface area contributed by atoms with Gasteiger partial charge in [-0.2, -0.15) is 0 Å². The molecule has 1 aromatic carbocycles. The Kier molecular flexibility index (Phi) is 7.20. The molecule has 0 aliphatic carbocycles. The molecule has 1 heterocycles. The van der Waals surface area contributed by atoms with Gasteiger partial charge in [0.2, 0.25) is 0 Å². The van der Waals surface area contributed by atoms with E-state index < -0.39 is 11.8 Å². The molecule has 1 aromatic heterocycles. The minimum atomic E-state index is -1.23. The van der Waals surface area contributed by atoms with Crippen LogP contribution in [0.2, 0.25) is 5.02 Å². The second-order valence-electron chi connectivity index (χ2n) is 4.47. The summed E-state index contributed by atoms with van der Waals surface area (Å²) in [5.41, 5.74) is 0.748. The van der Waals surface area contributed by atoms with Gasteiger partial charge >= 0.3 is 5.97 Å². The van der Waals surface area contributed by atoms with E-state index in [1.807, 2.05) is 13.8 Å². The molecule has 2 aromatic rings. The zero-order valence-electron chi connectivity index (χ0n) is 13.7. The van der Waals surface area contributed by atoms with Crippen LogP contribution in [-0.2, 0) is 0 Å². The van der Waals surface area contributed by atoms with E-state index in [-0.39, 0.29) is 27.8 Å². The third kappa shape index (κ3) is 4.45. The Morgan fingerprint density at radius 1 is 1.42 bits per heavy atom. The Morgan fingerprint density at radius 3 is 2.62 bits per heavy atom. The highest BCUT2D eigenvalue weighted by Gasteiger charge is 2.19. The van der Waals surface area contributed by atoms with Crippen LogP contribution in [0.4, 0.5) is 21.6 Å². The van der Waals surface area contributed by atoms with Gasteiger partial charge in [-0.15, -0.1) is 0 Å². The monoisotopic (exact) mass is 351 g/mol. The molecule has 0 fully saturated rings. The van der Waals surface area contributed by atoms with Gasteiger partial charge in [-0.05, 0) is 30.8 Å². The number of nitrogens with one attached hydrogen (secondary N) is 2. The molecule has 128 valence electrons. The maximum atomic E-state index is 13.9. The molecule has 0 atom stereocenters. The molecule has 0 aliphatic rings. The van der Waals surface area contributed by atoms with E-state index in [1.54, 1.807) is 13.0 Å². The quantitative estimate of drug-likeness (QED) is 0.689. The lowest BCUT2D eigenvalue weighted by atomic mass is 10.2. The largest absolute Gasteiger partial charge is 0.478 e. The molecule has 0 saturated carbocycles. The average Bonchev–Trinajstić information content (AvgIpc) is 2.55. The van der Waals surface area contributed by atoms with Gasteiger partial charge in [-0.25, -0.2) is 14.2 Å². The van der Waals surface area contributed by atoms with E-state index in [1.165, 1.54) is 18.3 Å². The lowest BCUT2D eigenvalue weighted by Crippen LogP contribution is -2.07. The van der Waals surface area contributed by atoms with Crippen LogP contribution in [0.1, 0.15) is 29.8 Å². The number of rotatable bonds is 5. The molecule has 5 nitrogen and oxygen atoms in total. The number of hydrogen-bond donors (Lipinski definition) is 3. The molecule has 7 heteroatoms. The number of anilines is 3. The predicted molar refractivity (Wildman–Crippen MR) is 95.8 cm³/mol. The SMILES string of the molecule is C=CNc1ncc(C(=O)O)c(Nc2ccc(C)cc2F)c1Cl.CC. The molecule has 24 heavy (non-hydrogen) atoms. The van der Waals surface area contributed by atoms with Crippen molar-refractivity contribution in [1.29, 1.82) is 0 Å². The summed E-state index contributed by atoms with van der Waals surface area (Å²) in [4.78, 5) is 15.2. The number of carboxylic acid groups (broad SMARTS) is 1. The number of aromatic carboxylic acids is 1. The van der Waals surface area contributed by atoms with Crippen molar-refractivity contribution in [1.82, 2.24) is 4.98 Å². The summed E-state index contributed by atoms with van der Waals surface area (Å²) < 4.78 is 13.9. The van der Waals surface area contributed by atoms with Gasteiger partial charge in [0.1, 0.15) is 16.4 Å². The highest BCUT2D eigenvalue weighted by atomic mass is 35.5. The standard InChI is InChI=1S/C15H13ClFN3O2.C2H6/c1-3-18-14-12(16)13(9(7-19-14)15(21)22)20-11-5-4-8(2)6-10(11)17;1-2/h3-7H,1H2,2H3,(H,21,22)(H2,18,19,20);1-2H3. The molecule has 0 saturated heterocycles. The Labute approximate surface area is 145 Å². The first-order chi connectivity index (χ1) is 11.4. The number of aryl methyl sites for hydroxylation is 1. The lowest BCUT2D eigenvalue weighted by molar-refractivity contribution is 0.0697. The first kappa shape index (κ1) is 19.4. The van der Waals surface area contributed by atoms with Crippen LogP contribution >= 0.6 is 11.6 Å². The van der Waals surface area contributed by atoms with Gasteiger partial charge in [0.05, 0.1) is 11.4 Å². The van der Waals surface area contributed by atoms with Gasteiger partial charge in [0, 0.05) is 6.20 Å². The Bertz CT molecular complexity index is 751.